The molecule has 0 saturated heterocycles. The third kappa shape index (κ3) is 2.60. The second kappa shape index (κ2) is 4.47. The van der Waals surface area contributed by atoms with Crippen molar-refractivity contribution in [3.05, 3.63) is 35.0 Å². The molecule has 1 aromatic rings. The van der Waals surface area contributed by atoms with Crippen molar-refractivity contribution in [3.8, 4) is 6.19 Å². The van der Waals surface area contributed by atoms with Gasteiger partial charge in [-0.25, -0.2) is 0 Å². The highest BCUT2D eigenvalue weighted by atomic mass is 15.2. The Morgan fingerprint density at radius 1 is 1.46 bits per heavy atom. The van der Waals surface area contributed by atoms with E-state index in [4.69, 9.17) is 11.8 Å². The highest BCUT2D eigenvalue weighted by Gasteiger charge is 1.93. The van der Waals surface area contributed by atoms with Crippen LogP contribution in [-0.2, 0) is 0 Å². The topological polar surface area (TPSA) is 68.7 Å². The van der Waals surface area contributed by atoms with Crippen molar-refractivity contribution < 1.29 is 0 Å². The molecule has 62 valence electrons. The molecule has 0 aliphatic rings. The summed E-state index contributed by atoms with van der Waals surface area (Å²) < 4.78 is 0. The molecular formula is C8H5N5. The number of hydrogen-bond acceptors (Lipinski definition) is 3. The van der Waals surface area contributed by atoms with E-state index in [1.165, 1.54) is 12.4 Å². The van der Waals surface area contributed by atoms with Gasteiger partial charge in [0.15, 0.2) is 0 Å². The molecule has 0 unspecified atom stereocenters. The Balaban J connectivity index is 2.77. The van der Waals surface area contributed by atoms with Gasteiger partial charge in [0.05, 0.1) is 22.7 Å². The van der Waals surface area contributed by atoms with Crippen LogP contribution in [0.1, 0.15) is 11.4 Å². The molecule has 0 radical (unpaired) electrons. The largest absolute Gasteiger partial charge is 0.353 e. The number of aromatic nitrogens is 1. The Morgan fingerprint density at radius 3 is 2.77 bits per heavy atom. The number of hydrogen-bond donors (Lipinski definition) is 1. The minimum Gasteiger partial charge on any atom is -0.353 e. The Hall–Kier alpha value is -2.40. The molecule has 1 N–H and O–H groups in total. The zero-order valence-corrected chi connectivity index (χ0v) is 6.60. The quantitative estimate of drug-likeness (QED) is 0.308. The van der Waals surface area contributed by atoms with Crippen molar-refractivity contribution in [2.45, 2.75) is 0 Å². The molecule has 0 saturated carbocycles. The van der Waals surface area contributed by atoms with Gasteiger partial charge in [0.2, 0.25) is 6.19 Å². The lowest BCUT2D eigenvalue weighted by Crippen LogP contribution is -1.82. The van der Waals surface area contributed by atoms with Crippen LogP contribution >= 0.6 is 0 Å². The zero-order chi connectivity index (χ0) is 9.52. The van der Waals surface area contributed by atoms with Gasteiger partial charge < -0.3 is 4.98 Å². The maximum Gasteiger partial charge on any atom is 0.205 e. The van der Waals surface area contributed by atoms with Crippen LogP contribution in [0.4, 0.5) is 0 Å². The number of nitrogens with zero attached hydrogens (tertiary/aromatic N) is 4. The predicted molar refractivity (Wildman–Crippen MR) is 48.2 cm³/mol. The van der Waals surface area contributed by atoms with Crippen molar-refractivity contribution in [2.75, 3.05) is 0 Å². The summed E-state index contributed by atoms with van der Waals surface area (Å²) in [5.74, 6) is 0. The average molecular weight is 171 g/mol. The zero-order valence-electron chi connectivity index (χ0n) is 6.60. The maximum atomic E-state index is 8.15. The van der Waals surface area contributed by atoms with Gasteiger partial charge in [-0.05, 0) is 12.1 Å². The van der Waals surface area contributed by atoms with Crippen LogP contribution in [0, 0.1) is 18.0 Å². The molecule has 1 aromatic heterocycles. The van der Waals surface area contributed by atoms with Crippen molar-refractivity contribution in [1.82, 2.24) is 4.98 Å². The Labute approximate surface area is 74.9 Å². The minimum atomic E-state index is 0.702. The highest BCUT2D eigenvalue weighted by molar-refractivity contribution is 5.83. The smallest absolute Gasteiger partial charge is 0.205 e. The van der Waals surface area contributed by atoms with Gasteiger partial charge in [0, 0.05) is 0 Å². The van der Waals surface area contributed by atoms with Gasteiger partial charge in [-0.2, -0.15) is 16.8 Å². The molecular weight excluding hydrogens is 166 g/mol. The number of aromatic amines is 1. The normalized spacial score (nSPS) is 10.3. The first-order valence-corrected chi connectivity index (χ1v) is 3.38. The van der Waals surface area contributed by atoms with Gasteiger partial charge in [-0.1, -0.05) is 0 Å². The first-order valence-electron chi connectivity index (χ1n) is 3.38. The summed E-state index contributed by atoms with van der Waals surface area (Å²) in [5.41, 5.74) is 1.41. The van der Waals surface area contributed by atoms with E-state index in [9.17, 15) is 0 Å². The van der Waals surface area contributed by atoms with Gasteiger partial charge in [-0.3, -0.25) is 0 Å². The lowest BCUT2D eigenvalue weighted by Gasteiger charge is -1.80. The van der Waals surface area contributed by atoms with E-state index in [1.54, 1.807) is 18.3 Å². The summed E-state index contributed by atoms with van der Waals surface area (Å²) in [7, 11) is 0. The molecule has 5 nitrogen and oxygen atoms in total. The SMILES string of the molecule is [C-]#[N+]/N=C/c1ccc(C=NC#N)[nH]1. The van der Waals surface area contributed by atoms with Crippen LogP contribution in [0.5, 0.6) is 0 Å². The molecule has 0 aliphatic carbocycles. The Morgan fingerprint density at radius 2 is 2.15 bits per heavy atom. The highest BCUT2D eigenvalue weighted by Crippen LogP contribution is 1.96. The lowest BCUT2D eigenvalue weighted by atomic mass is 10.4. The molecule has 5 heteroatoms. The van der Waals surface area contributed by atoms with E-state index in [1.807, 2.05) is 0 Å². The van der Waals surface area contributed by atoms with E-state index in [2.05, 4.69) is 20.0 Å². The summed E-state index contributed by atoms with van der Waals surface area (Å²) in [6.07, 6.45) is 4.43. The van der Waals surface area contributed by atoms with Crippen LogP contribution in [0.25, 0.3) is 4.95 Å². The van der Waals surface area contributed by atoms with Crippen molar-refractivity contribution >= 4 is 12.4 Å². The molecule has 0 atom stereocenters. The van der Waals surface area contributed by atoms with Crippen LogP contribution in [0.3, 0.4) is 0 Å². The molecule has 0 spiro atoms. The third-order valence-electron chi connectivity index (χ3n) is 1.25. The molecule has 0 aromatic carbocycles. The third-order valence-corrected chi connectivity index (χ3v) is 1.25. The molecule has 1 rings (SSSR count). The van der Waals surface area contributed by atoms with E-state index in [0.29, 0.717) is 11.4 Å². The van der Waals surface area contributed by atoms with Crippen molar-refractivity contribution in [1.29, 1.82) is 5.26 Å². The predicted octanol–water partition coefficient (Wildman–Crippen LogP) is 1.17. The fraction of sp³-hybridized carbons (Fsp3) is 0. The van der Waals surface area contributed by atoms with E-state index in [0.717, 1.165) is 0 Å². The summed E-state index contributed by atoms with van der Waals surface area (Å²) in [5, 5.41) is 11.5. The standard InChI is InChI=1S/C8H5N5/c1-10-12-5-8-3-2-7(13-8)4-11-6-9/h2-5,13H/b11-4?,12-5+. The van der Waals surface area contributed by atoms with Crippen molar-refractivity contribution in [2.24, 2.45) is 10.1 Å². The molecule has 13 heavy (non-hydrogen) atoms. The summed E-state index contributed by atoms with van der Waals surface area (Å²) in [6, 6.07) is 3.49. The lowest BCUT2D eigenvalue weighted by molar-refractivity contribution is 1.35. The maximum absolute atomic E-state index is 8.15. The number of H-pyrrole nitrogens is 1. The molecule has 0 bridgehead atoms. The number of aliphatic imine (C=N–C) groups is 1. The minimum absolute atomic E-state index is 0.702. The van der Waals surface area contributed by atoms with Gasteiger partial charge in [0.25, 0.3) is 0 Å². The summed E-state index contributed by atoms with van der Waals surface area (Å²) in [6.45, 7) is 6.41. The number of nitrogens with one attached hydrogen (secondary N) is 1. The molecule has 0 aliphatic heterocycles. The van der Waals surface area contributed by atoms with Crippen LogP contribution < -0.4 is 0 Å². The average Bonchev–Trinajstić information content (AvgIpc) is 2.59. The second-order valence-corrected chi connectivity index (χ2v) is 2.07. The summed E-state index contributed by atoms with van der Waals surface area (Å²) >= 11 is 0. The number of rotatable bonds is 2. The first kappa shape index (κ1) is 8.69. The Bertz CT molecular complexity index is 374. The summed E-state index contributed by atoms with van der Waals surface area (Å²) in [4.78, 5) is 9.09. The van der Waals surface area contributed by atoms with Crippen LogP contribution in [-0.4, -0.2) is 17.4 Å². The van der Waals surface area contributed by atoms with Crippen LogP contribution in [0.2, 0.25) is 0 Å². The van der Waals surface area contributed by atoms with Gasteiger partial charge in [0.1, 0.15) is 6.21 Å². The number of nitriles is 1. The van der Waals surface area contributed by atoms with Gasteiger partial charge in [-0.15, -0.1) is 4.95 Å². The van der Waals surface area contributed by atoms with Gasteiger partial charge >= 0.3 is 0 Å². The fourth-order valence-corrected chi connectivity index (χ4v) is 0.770. The molecule has 1 heterocycles. The van der Waals surface area contributed by atoms with E-state index >= 15 is 0 Å². The van der Waals surface area contributed by atoms with Crippen LogP contribution in [0.15, 0.2) is 22.2 Å². The first-order chi connectivity index (χ1) is 6.36. The Kier molecular flexibility index (Phi) is 2.99. The molecule has 0 fully saturated rings. The fourth-order valence-electron chi connectivity index (χ4n) is 0.770. The second-order valence-electron chi connectivity index (χ2n) is 2.07. The monoisotopic (exact) mass is 171 g/mol. The van der Waals surface area contributed by atoms with Crippen molar-refractivity contribution in [3.63, 3.8) is 0 Å². The molecule has 0 amide bonds. The van der Waals surface area contributed by atoms with E-state index in [-0.39, 0.29) is 0 Å². The van der Waals surface area contributed by atoms with E-state index < -0.39 is 0 Å².